The average Bonchev–Trinajstić information content (AvgIpc) is 2.16. The molecule has 0 radical (unpaired) electrons. The molecule has 0 aromatic carbocycles. The van der Waals surface area contributed by atoms with E-state index in [1.54, 1.807) is 7.11 Å². The van der Waals surface area contributed by atoms with Gasteiger partial charge in [0.05, 0.1) is 13.2 Å². The van der Waals surface area contributed by atoms with Crippen LogP contribution in [0.4, 0.5) is 0 Å². The zero-order chi connectivity index (χ0) is 8.97. The van der Waals surface area contributed by atoms with Gasteiger partial charge in [0.15, 0.2) is 6.10 Å². The molecule has 4 heteroatoms. The van der Waals surface area contributed by atoms with E-state index in [-0.39, 0.29) is 12.1 Å². The Kier molecular flexibility index (Phi) is 3.49. The second-order valence-electron chi connectivity index (χ2n) is 2.73. The highest BCUT2D eigenvalue weighted by atomic mass is 16.6. The minimum Gasteiger partial charge on any atom is -0.467 e. The van der Waals surface area contributed by atoms with E-state index in [1.165, 1.54) is 7.11 Å². The highest BCUT2D eigenvalue weighted by Gasteiger charge is 2.32. The number of esters is 1. The molecule has 1 aliphatic rings. The molecule has 0 bridgehead atoms. The Labute approximate surface area is 71.8 Å². The molecule has 1 aliphatic heterocycles. The van der Waals surface area contributed by atoms with Crippen molar-refractivity contribution in [2.75, 3.05) is 20.8 Å². The number of carbonyl (C=O) groups is 1. The Morgan fingerprint density at radius 1 is 1.50 bits per heavy atom. The molecule has 2 atom stereocenters. The van der Waals surface area contributed by atoms with Gasteiger partial charge in [-0.05, 0) is 12.8 Å². The molecule has 1 fully saturated rings. The van der Waals surface area contributed by atoms with Crippen LogP contribution in [0.15, 0.2) is 0 Å². The molecule has 1 rings (SSSR count). The molecule has 2 unspecified atom stereocenters. The van der Waals surface area contributed by atoms with Crippen molar-refractivity contribution < 1.29 is 19.0 Å². The highest BCUT2D eigenvalue weighted by Crippen LogP contribution is 2.17. The summed E-state index contributed by atoms with van der Waals surface area (Å²) in [6.45, 7) is 0.611. The summed E-state index contributed by atoms with van der Waals surface area (Å²) in [6.07, 6.45) is 1.11. The first-order valence-corrected chi connectivity index (χ1v) is 4.02. The van der Waals surface area contributed by atoms with Gasteiger partial charge in [-0.3, -0.25) is 0 Å². The van der Waals surface area contributed by atoms with E-state index in [1.807, 2.05) is 0 Å². The predicted octanol–water partition coefficient (Wildman–Crippen LogP) is 0.353. The smallest absolute Gasteiger partial charge is 0.337 e. The van der Waals surface area contributed by atoms with Gasteiger partial charge < -0.3 is 14.2 Å². The van der Waals surface area contributed by atoms with Gasteiger partial charge in [0.25, 0.3) is 0 Å². The van der Waals surface area contributed by atoms with Crippen LogP contribution in [-0.4, -0.2) is 39.0 Å². The number of ether oxygens (including phenoxy) is 3. The summed E-state index contributed by atoms with van der Waals surface area (Å²) >= 11 is 0. The summed E-state index contributed by atoms with van der Waals surface area (Å²) in [4.78, 5) is 11.1. The van der Waals surface area contributed by atoms with E-state index in [0.29, 0.717) is 6.61 Å². The maximum atomic E-state index is 11.1. The second kappa shape index (κ2) is 4.42. The third kappa shape index (κ3) is 1.95. The van der Waals surface area contributed by atoms with Crippen molar-refractivity contribution in [3.05, 3.63) is 0 Å². The molecule has 0 N–H and O–H groups in total. The van der Waals surface area contributed by atoms with Gasteiger partial charge in [-0.1, -0.05) is 0 Å². The fraction of sp³-hybridized carbons (Fsp3) is 0.875. The van der Waals surface area contributed by atoms with Gasteiger partial charge in [-0.15, -0.1) is 0 Å². The van der Waals surface area contributed by atoms with Crippen molar-refractivity contribution in [2.24, 2.45) is 0 Å². The van der Waals surface area contributed by atoms with Crippen LogP contribution >= 0.6 is 0 Å². The second-order valence-corrected chi connectivity index (χ2v) is 2.73. The van der Waals surface area contributed by atoms with Crippen molar-refractivity contribution >= 4 is 5.97 Å². The molecule has 0 spiro atoms. The minimum atomic E-state index is -0.534. The Morgan fingerprint density at radius 3 is 2.83 bits per heavy atom. The number of carbonyl (C=O) groups excluding carboxylic acids is 1. The lowest BCUT2D eigenvalue weighted by Gasteiger charge is -2.28. The first-order valence-electron chi connectivity index (χ1n) is 4.02. The third-order valence-corrected chi connectivity index (χ3v) is 2.00. The summed E-state index contributed by atoms with van der Waals surface area (Å²) in [6, 6.07) is 0. The monoisotopic (exact) mass is 174 g/mol. The summed E-state index contributed by atoms with van der Waals surface area (Å²) in [7, 11) is 2.93. The van der Waals surface area contributed by atoms with Crippen LogP contribution in [0.5, 0.6) is 0 Å². The van der Waals surface area contributed by atoms with Gasteiger partial charge in [0, 0.05) is 13.7 Å². The number of hydrogen-bond donors (Lipinski definition) is 0. The quantitative estimate of drug-likeness (QED) is 0.567. The Hall–Kier alpha value is -0.610. The Morgan fingerprint density at radius 2 is 2.25 bits per heavy atom. The van der Waals surface area contributed by atoms with E-state index in [9.17, 15) is 4.79 Å². The van der Waals surface area contributed by atoms with Crippen LogP contribution in [0.25, 0.3) is 0 Å². The van der Waals surface area contributed by atoms with E-state index >= 15 is 0 Å². The lowest BCUT2D eigenvalue weighted by molar-refractivity contribution is -0.170. The predicted molar refractivity (Wildman–Crippen MR) is 41.8 cm³/mol. The molecule has 1 heterocycles. The first kappa shape index (κ1) is 9.48. The average molecular weight is 174 g/mol. The van der Waals surface area contributed by atoms with Gasteiger partial charge in [-0.2, -0.15) is 0 Å². The van der Waals surface area contributed by atoms with Crippen LogP contribution in [0.3, 0.4) is 0 Å². The Balaban J connectivity index is 2.52. The lowest BCUT2D eigenvalue weighted by Crippen LogP contribution is -2.42. The molecular weight excluding hydrogens is 160 g/mol. The molecule has 0 aromatic heterocycles. The fourth-order valence-electron chi connectivity index (χ4n) is 1.33. The SMILES string of the molecule is COC(=O)C1OCCCC1OC. The number of hydrogen-bond acceptors (Lipinski definition) is 4. The largest absolute Gasteiger partial charge is 0.467 e. The number of rotatable bonds is 2. The minimum absolute atomic E-state index is 0.147. The molecule has 4 nitrogen and oxygen atoms in total. The third-order valence-electron chi connectivity index (χ3n) is 2.00. The summed E-state index contributed by atoms with van der Waals surface area (Å²) in [5, 5.41) is 0. The lowest BCUT2D eigenvalue weighted by atomic mass is 10.1. The van der Waals surface area contributed by atoms with Gasteiger partial charge in [0.1, 0.15) is 0 Å². The van der Waals surface area contributed by atoms with Crippen molar-refractivity contribution in [1.82, 2.24) is 0 Å². The van der Waals surface area contributed by atoms with Crippen LogP contribution in [0.2, 0.25) is 0 Å². The molecule has 0 saturated carbocycles. The fourth-order valence-corrected chi connectivity index (χ4v) is 1.33. The van der Waals surface area contributed by atoms with Crippen molar-refractivity contribution in [3.8, 4) is 0 Å². The molecule has 1 saturated heterocycles. The molecule has 12 heavy (non-hydrogen) atoms. The molecular formula is C8H14O4. The topological polar surface area (TPSA) is 44.8 Å². The number of methoxy groups -OCH3 is 2. The molecule has 0 aliphatic carbocycles. The van der Waals surface area contributed by atoms with Crippen molar-refractivity contribution in [2.45, 2.75) is 25.0 Å². The van der Waals surface area contributed by atoms with Crippen molar-refractivity contribution in [1.29, 1.82) is 0 Å². The van der Waals surface area contributed by atoms with E-state index < -0.39 is 6.10 Å². The van der Waals surface area contributed by atoms with Gasteiger partial charge in [-0.25, -0.2) is 4.79 Å². The van der Waals surface area contributed by atoms with Crippen molar-refractivity contribution in [3.63, 3.8) is 0 Å². The zero-order valence-electron chi connectivity index (χ0n) is 7.41. The molecule has 0 amide bonds. The van der Waals surface area contributed by atoms with E-state index in [0.717, 1.165) is 12.8 Å². The van der Waals surface area contributed by atoms with Gasteiger partial charge in [0.2, 0.25) is 0 Å². The summed E-state index contributed by atoms with van der Waals surface area (Å²) in [5.74, 6) is -0.346. The maximum absolute atomic E-state index is 11.1. The standard InChI is InChI=1S/C8H14O4/c1-10-6-4-3-5-12-7(6)8(9)11-2/h6-7H,3-5H2,1-2H3. The van der Waals surface area contributed by atoms with Crippen LogP contribution in [0.1, 0.15) is 12.8 Å². The zero-order valence-corrected chi connectivity index (χ0v) is 7.41. The summed E-state index contributed by atoms with van der Waals surface area (Å²) in [5.41, 5.74) is 0. The highest BCUT2D eigenvalue weighted by molar-refractivity contribution is 5.75. The first-order chi connectivity index (χ1) is 5.79. The van der Waals surface area contributed by atoms with Crippen LogP contribution in [0, 0.1) is 0 Å². The summed E-state index contributed by atoms with van der Waals surface area (Å²) < 4.78 is 14.9. The van der Waals surface area contributed by atoms with E-state index in [4.69, 9.17) is 9.47 Å². The normalized spacial score (nSPS) is 29.8. The molecule has 0 aromatic rings. The van der Waals surface area contributed by atoms with Gasteiger partial charge >= 0.3 is 5.97 Å². The van der Waals surface area contributed by atoms with E-state index in [2.05, 4.69) is 4.74 Å². The van der Waals surface area contributed by atoms with Crippen LogP contribution in [-0.2, 0) is 19.0 Å². The maximum Gasteiger partial charge on any atom is 0.337 e. The van der Waals surface area contributed by atoms with Crippen LogP contribution < -0.4 is 0 Å². The molecule has 70 valence electrons. The Bertz CT molecular complexity index is 157.